The molecule has 0 aliphatic heterocycles. The Bertz CT molecular complexity index is 419. The van der Waals surface area contributed by atoms with Gasteiger partial charge in [-0.25, -0.2) is 0 Å². The number of ether oxygens (including phenoxy) is 1. The van der Waals surface area contributed by atoms with Gasteiger partial charge in [0.15, 0.2) is 0 Å². The molecule has 0 aromatic heterocycles. The van der Waals surface area contributed by atoms with Gasteiger partial charge in [-0.1, -0.05) is 0 Å². The maximum atomic E-state index is 11.8. The number of carboxylic acids is 1. The van der Waals surface area contributed by atoms with Crippen LogP contribution in [0.15, 0.2) is 24.3 Å². The first-order valence-electron chi connectivity index (χ1n) is 5.24. The molecule has 0 aliphatic carbocycles. The van der Waals surface area contributed by atoms with Crippen LogP contribution in [0, 0.1) is 0 Å². The summed E-state index contributed by atoms with van der Waals surface area (Å²) in [6, 6.07) is 7.09. The minimum Gasteiger partial charge on any atom is -0.497 e. The minimum absolute atomic E-state index is 0.0673. The quantitative estimate of drug-likeness (QED) is 0.847. The first kappa shape index (κ1) is 14.4. The van der Waals surface area contributed by atoms with Gasteiger partial charge in [-0.05, 0) is 24.3 Å². The molecule has 0 aliphatic rings. The second kappa shape index (κ2) is 6.90. The number of carboxylic acid groups (broad SMARTS) is 1. The Morgan fingerprint density at radius 2 is 1.89 bits per heavy atom. The molecule has 1 aromatic rings. The SMILES string of the molecule is COc1ccc(N(C)C(=O)CSCC(=O)O)cc1. The second-order valence-corrected chi connectivity index (χ2v) is 4.52. The summed E-state index contributed by atoms with van der Waals surface area (Å²) < 4.78 is 5.03. The second-order valence-electron chi connectivity index (χ2n) is 3.54. The number of rotatable bonds is 6. The predicted molar refractivity (Wildman–Crippen MR) is 71.4 cm³/mol. The highest BCUT2D eigenvalue weighted by Crippen LogP contribution is 2.18. The van der Waals surface area contributed by atoms with Gasteiger partial charge in [0.25, 0.3) is 0 Å². The van der Waals surface area contributed by atoms with Crippen LogP contribution in [0.1, 0.15) is 0 Å². The van der Waals surface area contributed by atoms with E-state index in [2.05, 4.69) is 0 Å². The Balaban J connectivity index is 2.54. The third-order valence-electron chi connectivity index (χ3n) is 2.28. The first-order chi connectivity index (χ1) is 8.54. The van der Waals surface area contributed by atoms with Crippen LogP contribution in [-0.4, -0.2) is 42.6 Å². The number of benzene rings is 1. The predicted octanol–water partition coefficient (Wildman–Crippen LogP) is 1.48. The molecule has 1 N–H and O–H groups in total. The van der Waals surface area contributed by atoms with E-state index in [4.69, 9.17) is 9.84 Å². The molecule has 6 heteroatoms. The number of nitrogens with zero attached hydrogens (tertiary/aromatic N) is 1. The smallest absolute Gasteiger partial charge is 0.313 e. The van der Waals surface area contributed by atoms with Gasteiger partial charge in [0.1, 0.15) is 5.75 Å². The lowest BCUT2D eigenvalue weighted by atomic mass is 10.3. The molecule has 0 radical (unpaired) electrons. The van der Waals surface area contributed by atoms with Crippen molar-refractivity contribution in [3.05, 3.63) is 24.3 Å². The van der Waals surface area contributed by atoms with Crippen LogP contribution in [0.2, 0.25) is 0 Å². The maximum Gasteiger partial charge on any atom is 0.313 e. The van der Waals surface area contributed by atoms with Gasteiger partial charge >= 0.3 is 5.97 Å². The van der Waals surface area contributed by atoms with E-state index >= 15 is 0 Å². The van der Waals surface area contributed by atoms with Crippen molar-refractivity contribution >= 4 is 29.3 Å². The number of carbonyl (C=O) groups is 2. The molecule has 0 saturated heterocycles. The van der Waals surface area contributed by atoms with Crippen LogP contribution in [0.25, 0.3) is 0 Å². The van der Waals surface area contributed by atoms with Gasteiger partial charge < -0.3 is 14.7 Å². The number of aliphatic carboxylic acids is 1. The molecule has 98 valence electrons. The lowest BCUT2D eigenvalue weighted by molar-refractivity contribution is -0.133. The molecular formula is C12H15NO4S. The number of methoxy groups -OCH3 is 1. The highest BCUT2D eigenvalue weighted by atomic mass is 32.2. The molecule has 0 saturated carbocycles. The molecule has 0 fully saturated rings. The van der Waals surface area contributed by atoms with E-state index < -0.39 is 5.97 Å². The zero-order valence-corrected chi connectivity index (χ0v) is 11.1. The highest BCUT2D eigenvalue weighted by molar-refractivity contribution is 8.00. The fourth-order valence-corrected chi connectivity index (χ4v) is 1.92. The Morgan fingerprint density at radius 3 is 2.39 bits per heavy atom. The van der Waals surface area contributed by atoms with Gasteiger partial charge in [-0.3, -0.25) is 9.59 Å². The van der Waals surface area contributed by atoms with Crippen LogP contribution < -0.4 is 9.64 Å². The normalized spacial score (nSPS) is 9.89. The van der Waals surface area contributed by atoms with Crippen molar-refractivity contribution in [1.82, 2.24) is 0 Å². The standard InChI is InChI=1S/C12H15NO4S/c1-13(11(14)7-18-8-12(15)16)9-3-5-10(17-2)6-4-9/h3-6H,7-8H2,1-2H3,(H,15,16). The van der Waals surface area contributed by atoms with E-state index in [0.717, 1.165) is 23.2 Å². The maximum absolute atomic E-state index is 11.8. The molecule has 1 aromatic carbocycles. The molecule has 0 unspecified atom stereocenters. The summed E-state index contributed by atoms with van der Waals surface area (Å²) in [5.41, 5.74) is 0.747. The van der Waals surface area contributed by atoms with E-state index in [9.17, 15) is 9.59 Å². The molecule has 0 bridgehead atoms. The number of anilines is 1. The van der Waals surface area contributed by atoms with Crippen molar-refractivity contribution in [3.63, 3.8) is 0 Å². The topological polar surface area (TPSA) is 66.8 Å². The molecule has 5 nitrogen and oxygen atoms in total. The number of hydrogen-bond acceptors (Lipinski definition) is 4. The molecule has 1 amide bonds. The Hall–Kier alpha value is -1.69. The monoisotopic (exact) mass is 269 g/mol. The number of carbonyl (C=O) groups excluding carboxylic acids is 1. The molecular weight excluding hydrogens is 254 g/mol. The van der Waals surface area contributed by atoms with Crippen molar-refractivity contribution in [2.24, 2.45) is 0 Å². The van der Waals surface area contributed by atoms with Gasteiger partial charge in [-0.2, -0.15) is 0 Å². The summed E-state index contributed by atoms with van der Waals surface area (Å²) in [4.78, 5) is 23.6. The van der Waals surface area contributed by atoms with E-state index in [1.165, 1.54) is 4.90 Å². The molecule has 0 heterocycles. The number of amides is 1. The van der Waals surface area contributed by atoms with Crippen LogP contribution in [-0.2, 0) is 9.59 Å². The number of hydrogen-bond donors (Lipinski definition) is 1. The van der Waals surface area contributed by atoms with Gasteiger partial charge in [-0.15, -0.1) is 11.8 Å². The molecule has 18 heavy (non-hydrogen) atoms. The average molecular weight is 269 g/mol. The third-order valence-corrected chi connectivity index (χ3v) is 3.19. The highest BCUT2D eigenvalue weighted by Gasteiger charge is 2.11. The first-order valence-corrected chi connectivity index (χ1v) is 6.40. The van der Waals surface area contributed by atoms with Crippen LogP contribution in [0.5, 0.6) is 5.75 Å². The van der Waals surface area contributed by atoms with E-state index in [1.807, 2.05) is 0 Å². The van der Waals surface area contributed by atoms with E-state index in [1.54, 1.807) is 38.4 Å². The average Bonchev–Trinajstić information content (AvgIpc) is 2.37. The summed E-state index contributed by atoms with van der Waals surface area (Å²) in [5, 5.41) is 8.48. The van der Waals surface area contributed by atoms with Gasteiger partial charge in [0.05, 0.1) is 18.6 Å². The summed E-state index contributed by atoms with van der Waals surface area (Å²) in [7, 11) is 3.23. The van der Waals surface area contributed by atoms with Gasteiger partial charge in [0.2, 0.25) is 5.91 Å². The van der Waals surface area contributed by atoms with E-state index in [-0.39, 0.29) is 17.4 Å². The summed E-state index contributed by atoms with van der Waals surface area (Å²) in [5.74, 6) is -0.247. The van der Waals surface area contributed by atoms with Crippen molar-refractivity contribution in [2.45, 2.75) is 0 Å². The lowest BCUT2D eigenvalue weighted by Gasteiger charge is -2.17. The Morgan fingerprint density at radius 1 is 1.28 bits per heavy atom. The van der Waals surface area contributed by atoms with Gasteiger partial charge in [0, 0.05) is 12.7 Å². The molecule has 1 rings (SSSR count). The third kappa shape index (κ3) is 4.29. The van der Waals surface area contributed by atoms with Crippen molar-refractivity contribution < 1.29 is 19.4 Å². The van der Waals surface area contributed by atoms with Crippen LogP contribution >= 0.6 is 11.8 Å². The minimum atomic E-state index is -0.917. The fourth-order valence-electron chi connectivity index (χ4n) is 1.27. The van der Waals surface area contributed by atoms with Crippen molar-refractivity contribution in [2.75, 3.05) is 30.6 Å². The fraction of sp³-hybridized carbons (Fsp3) is 0.333. The zero-order valence-electron chi connectivity index (χ0n) is 10.3. The van der Waals surface area contributed by atoms with E-state index in [0.29, 0.717) is 0 Å². The summed E-state index contributed by atoms with van der Waals surface area (Å²) in [6.07, 6.45) is 0. The largest absolute Gasteiger partial charge is 0.497 e. The van der Waals surface area contributed by atoms with Crippen molar-refractivity contribution in [1.29, 1.82) is 0 Å². The lowest BCUT2D eigenvalue weighted by Crippen LogP contribution is -2.28. The summed E-state index contributed by atoms with van der Waals surface area (Å²) in [6.45, 7) is 0. The van der Waals surface area contributed by atoms with Crippen molar-refractivity contribution in [3.8, 4) is 5.75 Å². The molecule has 0 atom stereocenters. The van der Waals surface area contributed by atoms with Crippen LogP contribution in [0.3, 0.4) is 0 Å². The van der Waals surface area contributed by atoms with Crippen LogP contribution in [0.4, 0.5) is 5.69 Å². The summed E-state index contributed by atoms with van der Waals surface area (Å²) >= 11 is 1.08. The zero-order chi connectivity index (χ0) is 13.5. The Kier molecular flexibility index (Phi) is 5.51. The molecule has 0 spiro atoms. The Labute approximate surface area is 110 Å². The number of thioether (sulfide) groups is 1.